The average molecular weight is 362 g/mol. The Kier molecular flexibility index (Phi) is 4.31. The SMILES string of the molecule is OCCc1c(-c2ccccc2)ccc2c1Cc1cc(-c3ccccc3)ccc1-2. The van der Waals surface area contributed by atoms with E-state index in [2.05, 4.69) is 84.9 Å². The fourth-order valence-corrected chi connectivity index (χ4v) is 4.44. The van der Waals surface area contributed by atoms with Crippen molar-refractivity contribution in [2.75, 3.05) is 6.61 Å². The first-order valence-corrected chi connectivity index (χ1v) is 9.85. The Bertz CT molecular complexity index is 1130. The van der Waals surface area contributed by atoms with E-state index in [1.165, 1.54) is 50.1 Å². The maximum atomic E-state index is 9.73. The Morgan fingerprint density at radius 2 is 1.25 bits per heavy atom. The van der Waals surface area contributed by atoms with Gasteiger partial charge in [0.1, 0.15) is 0 Å². The third kappa shape index (κ3) is 2.85. The van der Waals surface area contributed by atoms with Crippen molar-refractivity contribution >= 4 is 0 Å². The van der Waals surface area contributed by atoms with E-state index in [0.29, 0.717) is 6.42 Å². The molecule has 0 radical (unpaired) electrons. The topological polar surface area (TPSA) is 20.2 Å². The Labute approximate surface area is 165 Å². The van der Waals surface area contributed by atoms with Gasteiger partial charge in [-0.2, -0.15) is 0 Å². The highest BCUT2D eigenvalue weighted by Crippen LogP contribution is 2.43. The predicted octanol–water partition coefficient (Wildman–Crippen LogP) is 6.13. The van der Waals surface area contributed by atoms with Crippen LogP contribution in [0, 0.1) is 0 Å². The van der Waals surface area contributed by atoms with E-state index in [0.717, 1.165) is 6.42 Å². The van der Waals surface area contributed by atoms with E-state index < -0.39 is 0 Å². The first kappa shape index (κ1) is 17.0. The molecule has 0 heterocycles. The second-order valence-corrected chi connectivity index (χ2v) is 7.37. The molecule has 4 aromatic rings. The Hall–Kier alpha value is -3.16. The van der Waals surface area contributed by atoms with Crippen LogP contribution in [0.5, 0.6) is 0 Å². The van der Waals surface area contributed by atoms with Crippen LogP contribution in [0.1, 0.15) is 16.7 Å². The highest BCUT2D eigenvalue weighted by Gasteiger charge is 2.23. The fraction of sp³-hybridized carbons (Fsp3) is 0.111. The second-order valence-electron chi connectivity index (χ2n) is 7.37. The monoisotopic (exact) mass is 362 g/mol. The van der Waals surface area contributed by atoms with E-state index in [1.807, 2.05) is 6.07 Å². The van der Waals surface area contributed by atoms with Crippen LogP contribution < -0.4 is 0 Å². The van der Waals surface area contributed by atoms with Crippen LogP contribution >= 0.6 is 0 Å². The second kappa shape index (κ2) is 7.10. The zero-order valence-corrected chi connectivity index (χ0v) is 15.7. The summed E-state index contributed by atoms with van der Waals surface area (Å²) in [5.41, 5.74) is 11.6. The highest BCUT2D eigenvalue weighted by atomic mass is 16.2. The summed E-state index contributed by atoms with van der Waals surface area (Å²) in [6, 6.07) is 32.3. The maximum absolute atomic E-state index is 9.73. The number of hydrogen-bond donors (Lipinski definition) is 1. The molecule has 0 spiro atoms. The van der Waals surface area contributed by atoms with Crippen molar-refractivity contribution in [2.45, 2.75) is 12.8 Å². The van der Waals surface area contributed by atoms with Crippen molar-refractivity contribution in [1.82, 2.24) is 0 Å². The maximum Gasteiger partial charge on any atom is 0.0471 e. The third-order valence-corrected chi connectivity index (χ3v) is 5.75. The van der Waals surface area contributed by atoms with Gasteiger partial charge in [-0.05, 0) is 62.9 Å². The molecule has 5 rings (SSSR count). The highest BCUT2D eigenvalue weighted by molar-refractivity contribution is 5.84. The minimum Gasteiger partial charge on any atom is -0.396 e. The molecule has 0 bridgehead atoms. The number of aliphatic hydroxyl groups excluding tert-OH is 1. The minimum absolute atomic E-state index is 0.169. The summed E-state index contributed by atoms with van der Waals surface area (Å²) in [5.74, 6) is 0. The molecule has 0 saturated carbocycles. The predicted molar refractivity (Wildman–Crippen MR) is 116 cm³/mol. The Balaban J connectivity index is 1.62. The summed E-state index contributed by atoms with van der Waals surface area (Å²) in [5, 5.41) is 9.73. The van der Waals surface area contributed by atoms with Crippen LogP contribution in [0.4, 0.5) is 0 Å². The molecule has 0 aromatic heterocycles. The van der Waals surface area contributed by atoms with Gasteiger partial charge in [0.15, 0.2) is 0 Å². The van der Waals surface area contributed by atoms with Gasteiger partial charge >= 0.3 is 0 Å². The molecule has 0 atom stereocenters. The van der Waals surface area contributed by atoms with Crippen LogP contribution in [-0.4, -0.2) is 11.7 Å². The zero-order chi connectivity index (χ0) is 18.9. The van der Waals surface area contributed by atoms with Crippen molar-refractivity contribution in [3.63, 3.8) is 0 Å². The number of rotatable bonds is 4. The molecule has 4 aromatic carbocycles. The molecule has 136 valence electrons. The van der Waals surface area contributed by atoms with Gasteiger partial charge in [-0.25, -0.2) is 0 Å². The lowest BCUT2D eigenvalue weighted by molar-refractivity contribution is 0.299. The van der Waals surface area contributed by atoms with Crippen molar-refractivity contribution in [1.29, 1.82) is 0 Å². The van der Waals surface area contributed by atoms with Crippen LogP contribution in [0.3, 0.4) is 0 Å². The van der Waals surface area contributed by atoms with Crippen molar-refractivity contribution in [3.8, 4) is 33.4 Å². The molecule has 0 unspecified atom stereocenters. The van der Waals surface area contributed by atoms with Gasteiger partial charge in [0.05, 0.1) is 0 Å². The summed E-state index contributed by atoms with van der Waals surface area (Å²) < 4.78 is 0. The molecule has 28 heavy (non-hydrogen) atoms. The van der Waals surface area contributed by atoms with Gasteiger partial charge in [-0.1, -0.05) is 91.0 Å². The van der Waals surface area contributed by atoms with E-state index in [4.69, 9.17) is 0 Å². The lowest BCUT2D eigenvalue weighted by Crippen LogP contribution is -2.00. The van der Waals surface area contributed by atoms with E-state index in [1.54, 1.807) is 0 Å². The first-order chi connectivity index (χ1) is 13.8. The van der Waals surface area contributed by atoms with Crippen LogP contribution in [0.25, 0.3) is 33.4 Å². The minimum atomic E-state index is 0.169. The van der Waals surface area contributed by atoms with Gasteiger partial charge in [0.25, 0.3) is 0 Å². The molecular formula is C27H22O. The Morgan fingerprint density at radius 3 is 1.96 bits per heavy atom. The average Bonchev–Trinajstić information content (AvgIpc) is 3.14. The van der Waals surface area contributed by atoms with Crippen LogP contribution in [0.15, 0.2) is 91.0 Å². The fourth-order valence-electron chi connectivity index (χ4n) is 4.44. The number of aliphatic hydroxyl groups is 1. The number of benzene rings is 4. The van der Waals surface area contributed by atoms with Gasteiger partial charge in [-0.15, -0.1) is 0 Å². The van der Waals surface area contributed by atoms with E-state index in [9.17, 15) is 5.11 Å². The van der Waals surface area contributed by atoms with Gasteiger partial charge in [0.2, 0.25) is 0 Å². The lowest BCUT2D eigenvalue weighted by atomic mass is 9.90. The molecule has 1 aliphatic carbocycles. The Morgan fingerprint density at radius 1 is 0.607 bits per heavy atom. The molecule has 1 heteroatoms. The standard InChI is InChI=1S/C27H22O/c28-16-15-26-23(20-9-5-2-6-10-20)13-14-25-24-12-11-21(17-22(24)18-27(25)26)19-7-3-1-4-8-19/h1-14,17,28H,15-16,18H2. The van der Waals surface area contributed by atoms with Crippen LogP contribution in [-0.2, 0) is 12.8 Å². The summed E-state index contributed by atoms with van der Waals surface area (Å²) in [6.45, 7) is 0.169. The van der Waals surface area contributed by atoms with Gasteiger partial charge in [-0.3, -0.25) is 0 Å². The van der Waals surface area contributed by atoms with E-state index in [-0.39, 0.29) is 6.61 Å². The van der Waals surface area contributed by atoms with Crippen molar-refractivity contribution in [2.24, 2.45) is 0 Å². The third-order valence-electron chi connectivity index (χ3n) is 5.75. The van der Waals surface area contributed by atoms with Crippen molar-refractivity contribution < 1.29 is 5.11 Å². The largest absolute Gasteiger partial charge is 0.396 e. The quantitative estimate of drug-likeness (QED) is 0.408. The molecule has 1 nitrogen and oxygen atoms in total. The summed E-state index contributed by atoms with van der Waals surface area (Å²) in [6.07, 6.45) is 1.62. The number of fused-ring (bicyclic) bond motifs is 3. The summed E-state index contributed by atoms with van der Waals surface area (Å²) in [7, 11) is 0. The van der Waals surface area contributed by atoms with Gasteiger partial charge in [0, 0.05) is 6.61 Å². The normalized spacial score (nSPS) is 11.9. The molecular weight excluding hydrogens is 340 g/mol. The molecule has 0 saturated heterocycles. The molecule has 0 aliphatic heterocycles. The molecule has 0 amide bonds. The zero-order valence-electron chi connectivity index (χ0n) is 15.7. The molecule has 0 fully saturated rings. The smallest absolute Gasteiger partial charge is 0.0471 e. The van der Waals surface area contributed by atoms with Gasteiger partial charge < -0.3 is 5.11 Å². The van der Waals surface area contributed by atoms with E-state index >= 15 is 0 Å². The van der Waals surface area contributed by atoms with Crippen LogP contribution in [0.2, 0.25) is 0 Å². The first-order valence-electron chi connectivity index (χ1n) is 9.85. The summed E-state index contributed by atoms with van der Waals surface area (Å²) in [4.78, 5) is 0. The van der Waals surface area contributed by atoms with Crippen molar-refractivity contribution in [3.05, 3.63) is 108 Å². The lowest BCUT2D eigenvalue weighted by Gasteiger charge is -2.14. The molecule has 1 N–H and O–H groups in total. The molecule has 1 aliphatic rings. The number of hydrogen-bond acceptors (Lipinski definition) is 1. The summed E-state index contributed by atoms with van der Waals surface area (Å²) >= 11 is 0.